The molecule has 180 valence electrons. The van der Waals surface area contributed by atoms with Gasteiger partial charge in [0.25, 0.3) is 11.5 Å². The van der Waals surface area contributed by atoms with Crippen molar-refractivity contribution >= 4 is 15.7 Å². The number of sulfone groups is 1. The Morgan fingerprint density at radius 2 is 1.74 bits per heavy atom. The van der Waals surface area contributed by atoms with E-state index < -0.39 is 39.1 Å². The number of carbonyl (C=O) groups is 1. The summed E-state index contributed by atoms with van der Waals surface area (Å²) < 4.78 is 65.4. The van der Waals surface area contributed by atoms with Gasteiger partial charge in [0.05, 0.1) is 11.4 Å². The van der Waals surface area contributed by atoms with Crippen LogP contribution in [-0.4, -0.2) is 36.5 Å². The number of halogens is 3. The molecule has 0 fully saturated rings. The average Bonchev–Trinajstić information content (AvgIpc) is 2.74. The molecule has 0 saturated carbocycles. The minimum Gasteiger partial charge on any atom is -0.405 e. The summed E-state index contributed by atoms with van der Waals surface area (Å²) in [7, 11) is -3.41. The fraction of sp³-hybridized carbons (Fsp3) is 0.190. The van der Waals surface area contributed by atoms with Crippen molar-refractivity contribution in [3.63, 3.8) is 0 Å². The Bertz CT molecular complexity index is 1400. The summed E-state index contributed by atoms with van der Waals surface area (Å²) in [6.45, 7) is -0.537. The van der Waals surface area contributed by atoms with Gasteiger partial charge in [0.2, 0.25) is 0 Å². The lowest BCUT2D eigenvalue weighted by Gasteiger charge is -2.13. The van der Waals surface area contributed by atoms with E-state index in [2.05, 4.69) is 15.0 Å². The second-order valence-electron chi connectivity index (χ2n) is 7.17. The quantitative estimate of drug-likeness (QED) is 0.513. The Kier molecular flexibility index (Phi) is 6.96. The minimum atomic E-state index is -4.92. The molecule has 0 bridgehead atoms. The van der Waals surface area contributed by atoms with Crippen LogP contribution in [0.1, 0.15) is 21.6 Å². The van der Waals surface area contributed by atoms with Crippen LogP contribution in [0.5, 0.6) is 5.75 Å². The molecule has 1 aromatic heterocycles. The van der Waals surface area contributed by atoms with Gasteiger partial charge in [0, 0.05) is 24.4 Å². The zero-order valence-corrected chi connectivity index (χ0v) is 18.4. The van der Waals surface area contributed by atoms with Crippen molar-refractivity contribution in [1.29, 1.82) is 0 Å². The van der Waals surface area contributed by atoms with Crippen LogP contribution in [0.25, 0.3) is 0 Å². The van der Waals surface area contributed by atoms with Crippen molar-refractivity contribution < 1.29 is 31.1 Å². The van der Waals surface area contributed by atoms with Gasteiger partial charge >= 0.3 is 12.1 Å². The molecule has 13 heteroatoms. The van der Waals surface area contributed by atoms with Crippen LogP contribution in [0.15, 0.2) is 69.1 Å². The van der Waals surface area contributed by atoms with Crippen molar-refractivity contribution in [2.24, 2.45) is 0 Å². The molecule has 34 heavy (non-hydrogen) atoms. The molecule has 0 radical (unpaired) electrons. The maximum atomic E-state index is 12.5. The standard InChI is InChI=1S/C21H18F3N3O6S/c1-34(31,32)15-8-6-13(7-9-15)12-27-18(28)10-16(26-20(27)30)19(29)25-11-14-4-2-3-5-17(14)33-21(22,23)24/h2-10H,11-12H2,1H3,(H,25,29)(H,26,30). The normalized spacial score (nSPS) is 11.8. The number of nitrogens with one attached hydrogen (secondary N) is 2. The maximum Gasteiger partial charge on any atom is 0.573 e. The topological polar surface area (TPSA) is 127 Å². The predicted octanol–water partition coefficient (Wildman–Crippen LogP) is 1.82. The van der Waals surface area contributed by atoms with E-state index in [-0.39, 0.29) is 29.2 Å². The number of hydrogen-bond donors (Lipinski definition) is 2. The molecule has 3 aromatic rings. The number of nitrogens with zero attached hydrogens (tertiary/aromatic N) is 1. The van der Waals surface area contributed by atoms with Crippen molar-refractivity contribution in [2.45, 2.75) is 24.3 Å². The number of hydrogen-bond acceptors (Lipinski definition) is 6. The highest BCUT2D eigenvalue weighted by atomic mass is 32.2. The second kappa shape index (κ2) is 9.55. The fourth-order valence-electron chi connectivity index (χ4n) is 2.96. The Morgan fingerprint density at radius 3 is 2.32 bits per heavy atom. The summed E-state index contributed by atoms with van der Waals surface area (Å²) in [5, 5.41) is 2.32. The fourth-order valence-corrected chi connectivity index (χ4v) is 3.59. The first-order valence-corrected chi connectivity index (χ1v) is 11.5. The number of aromatic nitrogens is 2. The Hall–Kier alpha value is -3.87. The molecule has 0 aliphatic rings. The van der Waals surface area contributed by atoms with Crippen LogP contribution in [0.3, 0.4) is 0 Å². The average molecular weight is 497 g/mol. The molecule has 0 atom stereocenters. The van der Waals surface area contributed by atoms with E-state index in [1.54, 1.807) is 0 Å². The lowest BCUT2D eigenvalue weighted by molar-refractivity contribution is -0.274. The lowest BCUT2D eigenvalue weighted by Crippen LogP contribution is -2.38. The highest BCUT2D eigenvalue weighted by Gasteiger charge is 2.32. The molecule has 9 nitrogen and oxygen atoms in total. The van der Waals surface area contributed by atoms with E-state index in [0.717, 1.165) is 23.0 Å². The third-order valence-electron chi connectivity index (χ3n) is 4.60. The van der Waals surface area contributed by atoms with Crippen LogP contribution in [0, 0.1) is 0 Å². The first-order valence-electron chi connectivity index (χ1n) is 9.58. The summed E-state index contributed by atoms with van der Waals surface area (Å²) in [5.41, 5.74) is -1.58. The van der Waals surface area contributed by atoms with Gasteiger partial charge in [-0.2, -0.15) is 0 Å². The smallest absolute Gasteiger partial charge is 0.405 e. The monoisotopic (exact) mass is 497 g/mol. The first-order chi connectivity index (χ1) is 15.8. The van der Waals surface area contributed by atoms with Gasteiger partial charge in [-0.3, -0.25) is 14.2 Å². The number of para-hydroxylation sites is 1. The molecule has 2 N–H and O–H groups in total. The molecule has 0 saturated heterocycles. The number of benzene rings is 2. The lowest BCUT2D eigenvalue weighted by atomic mass is 10.2. The zero-order chi connectivity index (χ0) is 25.1. The van der Waals surface area contributed by atoms with Crippen molar-refractivity contribution in [3.05, 3.63) is 92.3 Å². The van der Waals surface area contributed by atoms with Gasteiger partial charge in [0.1, 0.15) is 11.4 Å². The van der Waals surface area contributed by atoms with E-state index in [1.165, 1.54) is 42.5 Å². The van der Waals surface area contributed by atoms with E-state index in [1.807, 2.05) is 0 Å². The highest BCUT2D eigenvalue weighted by Crippen LogP contribution is 2.26. The third-order valence-corrected chi connectivity index (χ3v) is 5.72. The number of aromatic amines is 1. The Labute approximate surface area is 190 Å². The van der Waals surface area contributed by atoms with E-state index in [0.29, 0.717) is 5.56 Å². The summed E-state index contributed by atoms with van der Waals surface area (Å²) in [6.07, 6.45) is -3.87. The zero-order valence-electron chi connectivity index (χ0n) is 17.5. The summed E-state index contributed by atoms with van der Waals surface area (Å²) in [4.78, 5) is 39.5. The van der Waals surface area contributed by atoms with Crippen LogP contribution in [0.2, 0.25) is 0 Å². The van der Waals surface area contributed by atoms with Gasteiger partial charge in [-0.05, 0) is 23.8 Å². The number of ether oxygens (including phenoxy) is 1. The summed E-state index contributed by atoms with van der Waals surface area (Å²) >= 11 is 0. The predicted molar refractivity (Wildman–Crippen MR) is 114 cm³/mol. The molecule has 0 spiro atoms. The maximum absolute atomic E-state index is 12.5. The van der Waals surface area contributed by atoms with E-state index >= 15 is 0 Å². The van der Waals surface area contributed by atoms with Gasteiger partial charge in [-0.1, -0.05) is 30.3 Å². The van der Waals surface area contributed by atoms with Crippen molar-refractivity contribution in [1.82, 2.24) is 14.9 Å². The van der Waals surface area contributed by atoms with Gasteiger partial charge in [0.15, 0.2) is 9.84 Å². The van der Waals surface area contributed by atoms with Crippen LogP contribution < -0.4 is 21.3 Å². The third kappa shape index (κ3) is 6.34. The highest BCUT2D eigenvalue weighted by molar-refractivity contribution is 7.90. The number of H-pyrrole nitrogens is 1. The number of rotatable bonds is 7. The second-order valence-corrected chi connectivity index (χ2v) is 9.18. The molecular formula is C21H18F3N3O6S. The van der Waals surface area contributed by atoms with Gasteiger partial charge < -0.3 is 15.0 Å². The number of alkyl halides is 3. The molecule has 0 aliphatic heterocycles. The molecule has 3 rings (SSSR count). The molecule has 0 unspecified atom stereocenters. The van der Waals surface area contributed by atoms with Crippen molar-refractivity contribution in [2.75, 3.05) is 6.26 Å². The van der Waals surface area contributed by atoms with Crippen LogP contribution in [-0.2, 0) is 22.9 Å². The molecular weight excluding hydrogens is 479 g/mol. The Morgan fingerprint density at radius 1 is 1.09 bits per heavy atom. The SMILES string of the molecule is CS(=O)(=O)c1ccc(Cn2c(=O)cc(C(=O)NCc3ccccc3OC(F)(F)F)[nH]c2=O)cc1. The molecule has 2 aromatic carbocycles. The largest absolute Gasteiger partial charge is 0.573 e. The van der Waals surface area contributed by atoms with Gasteiger partial charge in [-0.15, -0.1) is 13.2 Å². The van der Waals surface area contributed by atoms with Crippen molar-refractivity contribution in [3.8, 4) is 5.75 Å². The number of amides is 1. The van der Waals surface area contributed by atoms with E-state index in [4.69, 9.17) is 0 Å². The summed E-state index contributed by atoms with van der Waals surface area (Å²) in [6, 6.07) is 11.6. The number of carbonyl (C=O) groups excluding carboxylic acids is 1. The summed E-state index contributed by atoms with van der Waals surface area (Å²) in [5.74, 6) is -1.39. The Balaban J connectivity index is 1.74. The van der Waals surface area contributed by atoms with Gasteiger partial charge in [-0.25, -0.2) is 13.2 Å². The van der Waals surface area contributed by atoms with E-state index in [9.17, 15) is 36.0 Å². The molecule has 1 amide bonds. The van der Waals surface area contributed by atoms with Crippen LogP contribution >= 0.6 is 0 Å². The molecule has 1 heterocycles. The molecule has 0 aliphatic carbocycles. The first kappa shape index (κ1) is 24.8. The van der Waals surface area contributed by atoms with Crippen LogP contribution in [0.4, 0.5) is 13.2 Å². The minimum absolute atomic E-state index is 0.0291.